The highest BCUT2D eigenvalue weighted by atomic mass is 16.3. The van der Waals surface area contributed by atoms with Gasteiger partial charge in [-0.05, 0) is 36.1 Å². The van der Waals surface area contributed by atoms with E-state index in [1.54, 1.807) is 0 Å². The number of piperazine rings is 1. The largest absolute Gasteiger partial charge is 0.392 e. The molecular formula is C23H29N3O. The molecule has 1 aliphatic rings. The number of benzene rings is 2. The second-order valence-electron chi connectivity index (χ2n) is 7.69. The number of aromatic amines is 1. The standard InChI is InChI=1S/C23H29N3O/c1-17-18(2)24-23-20(8-5-9-22(17)23)15-26-12-10-25(11-13-26)14-19-6-3-4-7-21(19)16-27/h3-9,24,27H,10-16H2,1-2H3. The smallest absolute Gasteiger partial charge is 0.0685 e. The highest BCUT2D eigenvalue weighted by Crippen LogP contribution is 2.25. The molecule has 142 valence electrons. The van der Waals surface area contributed by atoms with Crippen LogP contribution in [0.3, 0.4) is 0 Å². The van der Waals surface area contributed by atoms with Gasteiger partial charge in [0.25, 0.3) is 0 Å². The van der Waals surface area contributed by atoms with E-state index in [1.807, 2.05) is 12.1 Å². The summed E-state index contributed by atoms with van der Waals surface area (Å²) in [5, 5.41) is 10.9. The molecule has 1 aliphatic heterocycles. The maximum absolute atomic E-state index is 9.53. The third-order valence-corrected chi connectivity index (χ3v) is 5.97. The van der Waals surface area contributed by atoms with Gasteiger partial charge in [0, 0.05) is 50.3 Å². The van der Waals surface area contributed by atoms with E-state index >= 15 is 0 Å². The Bertz CT molecular complexity index is 923. The number of fused-ring (bicyclic) bond motifs is 1. The summed E-state index contributed by atoms with van der Waals surface area (Å²) in [7, 11) is 0. The van der Waals surface area contributed by atoms with Gasteiger partial charge in [-0.15, -0.1) is 0 Å². The topological polar surface area (TPSA) is 42.5 Å². The molecule has 1 saturated heterocycles. The van der Waals surface area contributed by atoms with Crippen LogP contribution >= 0.6 is 0 Å². The van der Waals surface area contributed by atoms with Gasteiger partial charge >= 0.3 is 0 Å². The molecule has 0 saturated carbocycles. The van der Waals surface area contributed by atoms with E-state index in [2.05, 4.69) is 59.0 Å². The van der Waals surface area contributed by atoms with Crippen molar-refractivity contribution in [1.29, 1.82) is 0 Å². The van der Waals surface area contributed by atoms with Crippen LogP contribution in [0.5, 0.6) is 0 Å². The van der Waals surface area contributed by atoms with Gasteiger partial charge in [-0.1, -0.05) is 42.5 Å². The fraction of sp³-hybridized carbons (Fsp3) is 0.391. The summed E-state index contributed by atoms with van der Waals surface area (Å²) in [5.41, 5.74) is 7.61. The van der Waals surface area contributed by atoms with E-state index in [0.29, 0.717) is 0 Å². The maximum Gasteiger partial charge on any atom is 0.0685 e. The van der Waals surface area contributed by atoms with E-state index in [9.17, 15) is 5.11 Å². The normalized spacial score (nSPS) is 16.3. The summed E-state index contributed by atoms with van der Waals surface area (Å²) in [6, 6.07) is 14.9. The quantitative estimate of drug-likeness (QED) is 0.728. The molecule has 4 nitrogen and oxygen atoms in total. The number of H-pyrrole nitrogens is 1. The minimum atomic E-state index is 0.120. The van der Waals surface area contributed by atoms with E-state index in [1.165, 1.54) is 33.3 Å². The van der Waals surface area contributed by atoms with Gasteiger partial charge in [0.2, 0.25) is 0 Å². The zero-order valence-electron chi connectivity index (χ0n) is 16.3. The van der Waals surface area contributed by atoms with Crippen LogP contribution in [0, 0.1) is 13.8 Å². The van der Waals surface area contributed by atoms with Gasteiger partial charge in [-0.3, -0.25) is 9.80 Å². The molecule has 0 unspecified atom stereocenters. The van der Waals surface area contributed by atoms with Crippen molar-refractivity contribution in [3.05, 3.63) is 70.4 Å². The van der Waals surface area contributed by atoms with Crippen LogP contribution < -0.4 is 0 Å². The first-order valence-electron chi connectivity index (χ1n) is 9.85. The molecule has 2 N–H and O–H groups in total. The van der Waals surface area contributed by atoms with Crippen LogP contribution in [0.4, 0.5) is 0 Å². The monoisotopic (exact) mass is 363 g/mol. The van der Waals surface area contributed by atoms with E-state index in [-0.39, 0.29) is 6.61 Å². The van der Waals surface area contributed by atoms with Crippen molar-refractivity contribution in [2.24, 2.45) is 0 Å². The lowest BCUT2D eigenvalue weighted by molar-refractivity contribution is 0.121. The number of aromatic nitrogens is 1. The zero-order chi connectivity index (χ0) is 18.8. The van der Waals surface area contributed by atoms with Gasteiger partial charge < -0.3 is 10.1 Å². The molecule has 0 spiro atoms. The van der Waals surface area contributed by atoms with Crippen LogP contribution in [0.15, 0.2) is 42.5 Å². The number of para-hydroxylation sites is 1. The molecule has 0 aliphatic carbocycles. The van der Waals surface area contributed by atoms with Crippen molar-refractivity contribution in [3.8, 4) is 0 Å². The lowest BCUT2D eigenvalue weighted by atomic mass is 10.1. The summed E-state index contributed by atoms with van der Waals surface area (Å²) < 4.78 is 0. The van der Waals surface area contributed by atoms with Crippen molar-refractivity contribution in [2.45, 2.75) is 33.5 Å². The Labute approximate surface area is 161 Å². The van der Waals surface area contributed by atoms with Gasteiger partial charge in [0.1, 0.15) is 0 Å². The van der Waals surface area contributed by atoms with E-state index < -0.39 is 0 Å². The predicted octanol–water partition coefficient (Wildman–Crippen LogP) is 3.59. The van der Waals surface area contributed by atoms with Crippen molar-refractivity contribution in [2.75, 3.05) is 26.2 Å². The zero-order valence-corrected chi connectivity index (χ0v) is 16.3. The second-order valence-corrected chi connectivity index (χ2v) is 7.69. The van der Waals surface area contributed by atoms with Gasteiger partial charge in [-0.2, -0.15) is 0 Å². The number of hydrogen-bond donors (Lipinski definition) is 2. The number of aryl methyl sites for hydroxylation is 2. The molecule has 0 bridgehead atoms. The Morgan fingerprint density at radius 2 is 1.41 bits per heavy atom. The Hall–Kier alpha value is -2.14. The van der Waals surface area contributed by atoms with Crippen molar-refractivity contribution in [3.63, 3.8) is 0 Å². The molecule has 4 rings (SSSR count). The molecule has 0 radical (unpaired) electrons. The van der Waals surface area contributed by atoms with Crippen LogP contribution in [0.25, 0.3) is 10.9 Å². The minimum Gasteiger partial charge on any atom is -0.392 e. The third-order valence-electron chi connectivity index (χ3n) is 5.97. The van der Waals surface area contributed by atoms with Crippen LogP contribution in [0.1, 0.15) is 27.9 Å². The predicted molar refractivity (Wildman–Crippen MR) is 111 cm³/mol. The summed E-state index contributed by atoms with van der Waals surface area (Å²) in [4.78, 5) is 8.62. The first kappa shape index (κ1) is 18.2. The van der Waals surface area contributed by atoms with Gasteiger partial charge in [0.05, 0.1) is 12.1 Å². The van der Waals surface area contributed by atoms with Gasteiger partial charge in [0.15, 0.2) is 0 Å². The summed E-state index contributed by atoms with van der Waals surface area (Å²) in [6.45, 7) is 10.7. The number of aliphatic hydroxyl groups is 1. The van der Waals surface area contributed by atoms with Crippen molar-refractivity contribution < 1.29 is 5.11 Å². The van der Waals surface area contributed by atoms with Crippen molar-refractivity contribution >= 4 is 10.9 Å². The molecule has 4 heteroatoms. The lowest BCUT2D eigenvalue weighted by Crippen LogP contribution is -2.45. The minimum absolute atomic E-state index is 0.120. The summed E-state index contributed by atoms with van der Waals surface area (Å²) in [5.74, 6) is 0. The van der Waals surface area contributed by atoms with E-state index in [0.717, 1.165) is 44.8 Å². The fourth-order valence-electron chi connectivity index (χ4n) is 4.13. The average molecular weight is 364 g/mol. The Balaban J connectivity index is 1.39. The number of hydrogen-bond acceptors (Lipinski definition) is 3. The number of nitrogens with zero attached hydrogens (tertiary/aromatic N) is 2. The first-order valence-corrected chi connectivity index (χ1v) is 9.85. The molecule has 0 atom stereocenters. The molecule has 0 amide bonds. The average Bonchev–Trinajstić information content (AvgIpc) is 2.99. The first-order chi connectivity index (χ1) is 13.2. The molecule has 2 heterocycles. The fourth-order valence-corrected chi connectivity index (χ4v) is 4.13. The van der Waals surface area contributed by atoms with Crippen molar-refractivity contribution in [1.82, 2.24) is 14.8 Å². The third kappa shape index (κ3) is 3.79. The van der Waals surface area contributed by atoms with Crippen LogP contribution in [-0.2, 0) is 19.7 Å². The maximum atomic E-state index is 9.53. The second kappa shape index (κ2) is 7.85. The highest BCUT2D eigenvalue weighted by Gasteiger charge is 2.19. The molecule has 3 aromatic rings. The molecular weight excluding hydrogens is 334 g/mol. The summed E-state index contributed by atoms with van der Waals surface area (Å²) in [6.07, 6.45) is 0. The molecule has 27 heavy (non-hydrogen) atoms. The molecule has 1 fully saturated rings. The lowest BCUT2D eigenvalue weighted by Gasteiger charge is -2.35. The van der Waals surface area contributed by atoms with E-state index in [4.69, 9.17) is 0 Å². The summed E-state index contributed by atoms with van der Waals surface area (Å²) >= 11 is 0. The van der Waals surface area contributed by atoms with Gasteiger partial charge in [-0.25, -0.2) is 0 Å². The molecule has 2 aromatic carbocycles. The molecule has 1 aromatic heterocycles. The highest BCUT2D eigenvalue weighted by molar-refractivity contribution is 5.87. The Morgan fingerprint density at radius 3 is 2.07 bits per heavy atom. The number of rotatable bonds is 5. The van der Waals surface area contributed by atoms with Crippen LogP contribution in [0.2, 0.25) is 0 Å². The Morgan fingerprint density at radius 1 is 0.815 bits per heavy atom. The SMILES string of the molecule is Cc1[nH]c2c(CN3CCN(Cc4ccccc4CO)CC3)cccc2c1C. The number of nitrogens with one attached hydrogen (secondary N) is 1. The Kier molecular flexibility index (Phi) is 5.30. The van der Waals surface area contributed by atoms with Crippen LogP contribution in [-0.4, -0.2) is 46.1 Å². The number of aliphatic hydroxyl groups excluding tert-OH is 1.